The van der Waals surface area contributed by atoms with Gasteiger partial charge in [-0.3, -0.25) is 0 Å². The second kappa shape index (κ2) is 7.25. The Morgan fingerprint density at radius 3 is 2.95 bits per heavy atom. The molecule has 0 aromatic carbocycles. The van der Waals surface area contributed by atoms with Gasteiger partial charge in [-0.15, -0.1) is 0 Å². The highest BCUT2D eigenvalue weighted by atomic mass is 16.5. The average Bonchev–Trinajstić information content (AvgIpc) is 2.46. The number of ether oxygens (including phenoxy) is 1. The van der Waals surface area contributed by atoms with Crippen LogP contribution < -0.4 is 10.2 Å². The highest BCUT2D eigenvalue weighted by molar-refractivity contribution is 5.42. The number of nitrogens with one attached hydrogen (secondary N) is 1. The Morgan fingerprint density at radius 2 is 2.26 bits per heavy atom. The third-order valence-electron chi connectivity index (χ3n) is 3.19. The Balaban J connectivity index is 1.88. The molecule has 0 spiro atoms. The summed E-state index contributed by atoms with van der Waals surface area (Å²) in [6, 6.07) is 1.94. The molecule has 106 valence electrons. The number of nitrogens with zero attached hydrogens (tertiary/aromatic N) is 3. The summed E-state index contributed by atoms with van der Waals surface area (Å²) < 4.78 is 5.56. The molecule has 0 bridgehead atoms. The first-order chi connectivity index (χ1) is 9.33. The highest BCUT2D eigenvalue weighted by Crippen LogP contribution is 2.20. The van der Waals surface area contributed by atoms with Gasteiger partial charge in [0.15, 0.2) is 0 Å². The summed E-state index contributed by atoms with van der Waals surface area (Å²) in [4.78, 5) is 10.9. The smallest absolute Gasteiger partial charge is 0.224 e. The predicted octanol–water partition coefficient (Wildman–Crippen LogP) is 0.886. The lowest BCUT2D eigenvalue weighted by Crippen LogP contribution is -2.37. The summed E-state index contributed by atoms with van der Waals surface area (Å²) in [7, 11) is 0. The summed E-state index contributed by atoms with van der Waals surface area (Å²) in [5, 5.41) is 11.9. The van der Waals surface area contributed by atoms with Crippen LogP contribution in [0.3, 0.4) is 0 Å². The normalized spacial score (nSPS) is 16.6. The van der Waals surface area contributed by atoms with Crippen molar-refractivity contribution in [1.82, 2.24) is 9.97 Å². The monoisotopic (exact) mass is 266 g/mol. The largest absolute Gasteiger partial charge is 0.394 e. The minimum absolute atomic E-state index is 0.0954. The summed E-state index contributed by atoms with van der Waals surface area (Å²) in [5.41, 5.74) is 0. The molecule has 2 heterocycles. The van der Waals surface area contributed by atoms with Crippen molar-refractivity contribution in [2.24, 2.45) is 0 Å². The van der Waals surface area contributed by atoms with Crippen molar-refractivity contribution in [3.05, 3.63) is 12.3 Å². The van der Waals surface area contributed by atoms with E-state index in [0.717, 1.165) is 38.3 Å². The lowest BCUT2D eigenvalue weighted by Gasteiger charge is -2.32. The number of aliphatic hydroxyl groups is 1. The molecule has 2 rings (SSSR count). The number of anilines is 2. The molecule has 0 atom stereocenters. The molecule has 0 aliphatic carbocycles. The number of aromatic nitrogens is 2. The van der Waals surface area contributed by atoms with Gasteiger partial charge >= 0.3 is 0 Å². The Labute approximate surface area is 113 Å². The van der Waals surface area contributed by atoms with E-state index < -0.39 is 0 Å². The molecule has 6 nitrogen and oxygen atoms in total. The fourth-order valence-corrected chi connectivity index (χ4v) is 2.24. The molecular weight excluding hydrogens is 244 g/mol. The zero-order valence-corrected chi connectivity index (χ0v) is 11.4. The van der Waals surface area contributed by atoms with Gasteiger partial charge in [0.1, 0.15) is 5.82 Å². The maximum atomic E-state index is 8.75. The molecule has 6 heteroatoms. The van der Waals surface area contributed by atoms with E-state index in [4.69, 9.17) is 9.84 Å². The van der Waals surface area contributed by atoms with E-state index in [9.17, 15) is 0 Å². The number of aliphatic hydroxyl groups excluding tert-OH is 1. The number of rotatable bonds is 6. The Hall–Kier alpha value is -1.40. The molecule has 0 saturated carbocycles. The lowest BCUT2D eigenvalue weighted by atomic mass is 10.1. The molecule has 0 unspecified atom stereocenters. The first kappa shape index (κ1) is 14.0. The van der Waals surface area contributed by atoms with Crippen molar-refractivity contribution < 1.29 is 9.84 Å². The van der Waals surface area contributed by atoms with Crippen LogP contribution in [0.25, 0.3) is 0 Å². The molecule has 1 aliphatic rings. The van der Waals surface area contributed by atoms with Crippen molar-refractivity contribution in [2.45, 2.75) is 25.9 Å². The third-order valence-corrected chi connectivity index (χ3v) is 3.19. The lowest BCUT2D eigenvalue weighted by molar-refractivity contribution is 0.0158. The molecule has 0 amide bonds. The van der Waals surface area contributed by atoms with E-state index in [-0.39, 0.29) is 12.7 Å². The number of hydrogen-bond acceptors (Lipinski definition) is 6. The second-order valence-corrected chi connectivity index (χ2v) is 4.55. The summed E-state index contributed by atoms with van der Waals surface area (Å²) >= 11 is 0. The molecule has 0 radical (unpaired) electrons. The molecular formula is C13H22N4O2. The fraction of sp³-hybridized carbons (Fsp3) is 0.692. The van der Waals surface area contributed by atoms with Gasteiger partial charge in [0.25, 0.3) is 0 Å². The minimum Gasteiger partial charge on any atom is -0.394 e. The van der Waals surface area contributed by atoms with E-state index in [1.807, 2.05) is 13.0 Å². The average molecular weight is 266 g/mol. The summed E-state index contributed by atoms with van der Waals surface area (Å²) in [6.07, 6.45) is 3.99. The number of piperidine rings is 1. The maximum absolute atomic E-state index is 8.75. The van der Waals surface area contributed by atoms with Crippen LogP contribution in [0.5, 0.6) is 0 Å². The van der Waals surface area contributed by atoms with Crippen LogP contribution in [0.2, 0.25) is 0 Å². The second-order valence-electron chi connectivity index (χ2n) is 4.55. The molecule has 1 fully saturated rings. The molecule has 1 aliphatic heterocycles. The standard InChI is InChI=1S/C13H22N4O2/c1-2-14-13-15-6-3-12(16-13)17-7-4-11(5-8-17)19-10-9-18/h3,6,11,18H,2,4-5,7-10H2,1H3,(H,14,15,16). The van der Waals surface area contributed by atoms with Crippen LogP contribution in [-0.2, 0) is 4.74 Å². The third kappa shape index (κ3) is 4.04. The van der Waals surface area contributed by atoms with E-state index in [1.54, 1.807) is 6.20 Å². The van der Waals surface area contributed by atoms with E-state index >= 15 is 0 Å². The Kier molecular flexibility index (Phi) is 5.35. The van der Waals surface area contributed by atoms with Crippen LogP contribution in [-0.4, -0.2) is 54.0 Å². The van der Waals surface area contributed by atoms with Crippen LogP contribution in [0, 0.1) is 0 Å². The summed E-state index contributed by atoms with van der Waals surface area (Å²) in [5.74, 6) is 1.64. The van der Waals surface area contributed by atoms with Gasteiger partial charge < -0.3 is 20.1 Å². The highest BCUT2D eigenvalue weighted by Gasteiger charge is 2.20. The van der Waals surface area contributed by atoms with Crippen molar-refractivity contribution in [2.75, 3.05) is 43.1 Å². The van der Waals surface area contributed by atoms with Gasteiger partial charge in [0.05, 0.1) is 19.3 Å². The molecule has 1 saturated heterocycles. The Bertz CT molecular complexity index is 381. The van der Waals surface area contributed by atoms with Gasteiger partial charge in [-0.1, -0.05) is 0 Å². The van der Waals surface area contributed by atoms with Crippen LogP contribution in [0.1, 0.15) is 19.8 Å². The topological polar surface area (TPSA) is 70.5 Å². The molecule has 1 aromatic heterocycles. The zero-order chi connectivity index (χ0) is 13.5. The van der Waals surface area contributed by atoms with Crippen LogP contribution >= 0.6 is 0 Å². The molecule has 1 aromatic rings. The first-order valence-corrected chi connectivity index (χ1v) is 6.87. The fourth-order valence-electron chi connectivity index (χ4n) is 2.24. The van der Waals surface area contributed by atoms with Crippen molar-refractivity contribution in [3.63, 3.8) is 0 Å². The Morgan fingerprint density at radius 1 is 1.47 bits per heavy atom. The van der Waals surface area contributed by atoms with Crippen molar-refractivity contribution in [1.29, 1.82) is 0 Å². The first-order valence-electron chi connectivity index (χ1n) is 6.87. The molecule has 19 heavy (non-hydrogen) atoms. The van der Waals surface area contributed by atoms with Gasteiger partial charge in [-0.05, 0) is 25.8 Å². The van der Waals surface area contributed by atoms with E-state index in [0.29, 0.717) is 12.6 Å². The van der Waals surface area contributed by atoms with Crippen molar-refractivity contribution >= 4 is 11.8 Å². The zero-order valence-electron chi connectivity index (χ0n) is 11.4. The summed E-state index contributed by atoms with van der Waals surface area (Å²) in [6.45, 7) is 5.23. The van der Waals surface area contributed by atoms with Gasteiger partial charge in [0, 0.05) is 25.8 Å². The van der Waals surface area contributed by atoms with Crippen molar-refractivity contribution in [3.8, 4) is 0 Å². The quantitative estimate of drug-likeness (QED) is 0.796. The van der Waals surface area contributed by atoms with Gasteiger partial charge in [-0.25, -0.2) is 4.98 Å². The maximum Gasteiger partial charge on any atom is 0.224 e. The van der Waals surface area contributed by atoms with Gasteiger partial charge in [-0.2, -0.15) is 4.98 Å². The van der Waals surface area contributed by atoms with E-state index in [2.05, 4.69) is 20.2 Å². The minimum atomic E-state index is 0.0954. The number of hydrogen-bond donors (Lipinski definition) is 2. The van der Waals surface area contributed by atoms with E-state index in [1.165, 1.54) is 0 Å². The van der Waals surface area contributed by atoms with Crippen LogP contribution in [0.4, 0.5) is 11.8 Å². The van der Waals surface area contributed by atoms with Crippen LogP contribution in [0.15, 0.2) is 12.3 Å². The predicted molar refractivity (Wildman–Crippen MR) is 74.5 cm³/mol. The molecule has 2 N–H and O–H groups in total. The van der Waals surface area contributed by atoms with Gasteiger partial charge in [0.2, 0.25) is 5.95 Å². The SMILES string of the molecule is CCNc1nccc(N2CCC(OCCO)CC2)n1.